The van der Waals surface area contributed by atoms with Gasteiger partial charge in [-0.05, 0) is 84.6 Å². The molecule has 0 aromatic heterocycles. The first-order chi connectivity index (χ1) is 23.0. The quantitative estimate of drug-likeness (QED) is 0.160. The first-order valence-corrected chi connectivity index (χ1v) is 17.2. The zero-order valence-corrected chi connectivity index (χ0v) is 28.5. The van der Waals surface area contributed by atoms with Crippen molar-refractivity contribution < 1.29 is 31.9 Å². The summed E-state index contributed by atoms with van der Waals surface area (Å²) in [6, 6.07) is 26.2. The van der Waals surface area contributed by atoms with Gasteiger partial charge in [-0.15, -0.1) is 0 Å². The molecule has 1 atom stereocenters. The number of halogens is 1. The maximum Gasteiger partial charge on any atom is 0.264 e. The molecule has 0 saturated carbocycles. The van der Waals surface area contributed by atoms with Crippen molar-refractivity contribution in [2.45, 2.75) is 44.7 Å². The van der Waals surface area contributed by atoms with Gasteiger partial charge in [0.15, 0.2) is 0 Å². The molecule has 2 amide bonds. The Bertz CT molecular complexity index is 1750. The van der Waals surface area contributed by atoms with Crippen molar-refractivity contribution in [3.63, 3.8) is 0 Å². The molecule has 0 fully saturated rings. The van der Waals surface area contributed by atoms with E-state index in [0.29, 0.717) is 30.2 Å². The van der Waals surface area contributed by atoms with E-state index in [9.17, 15) is 22.4 Å². The summed E-state index contributed by atoms with van der Waals surface area (Å²) >= 11 is 0. The zero-order chi connectivity index (χ0) is 34.7. The average molecular weight is 676 g/mol. The third-order valence-corrected chi connectivity index (χ3v) is 9.35. The minimum Gasteiger partial charge on any atom is -0.497 e. The minimum atomic E-state index is -4.35. The third kappa shape index (κ3) is 9.57. The lowest BCUT2D eigenvalue weighted by atomic mass is 10.0. The predicted octanol–water partition coefficient (Wildman–Crippen LogP) is 5.84. The van der Waals surface area contributed by atoms with Gasteiger partial charge in [0.05, 0.1) is 24.3 Å². The van der Waals surface area contributed by atoms with Crippen LogP contribution in [0.25, 0.3) is 0 Å². The predicted molar refractivity (Wildman–Crippen MR) is 184 cm³/mol. The van der Waals surface area contributed by atoms with Crippen molar-refractivity contribution in [1.29, 1.82) is 0 Å². The van der Waals surface area contributed by atoms with E-state index < -0.39 is 34.3 Å². The summed E-state index contributed by atoms with van der Waals surface area (Å²) in [5.74, 6) is -0.352. The van der Waals surface area contributed by atoms with E-state index in [4.69, 9.17) is 9.47 Å². The van der Waals surface area contributed by atoms with Gasteiger partial charge in [0.1, 0.15) is 29.9 Å². The second kappa shape index (κ2) is 16.8. The molecular weight excluding hydrogens is 633 g/mol. The highest BCUT2D eigenvalue weighted by Crippen LogP contribution is 2.27. The topological polar surface area (TPSA) is 105 Å². The molecule has 1 N–H and O–H groups in total. The van der Waals surface area contributed by atoms with Gasteiger partial charge in [-0.1, -0.05) is 56.3 Å². The molecule has 4 aromatic rings. The first-order valence-electron chi connectivity index (χ1n) is 15.8. The molecule has 48 heavy (non-hydrogen) atoms. The Labute approximate surface area is 282 Å². The van der Waals surface area contributed by atoms with Gasteiger partial charge in [-0.25, -0.2) is 12.8 Å². The smallest absolute Gasteiger partial charge is 0.264 e. The van der Waals surface area contributed by atoms with Crippen molar-refractivity contribution in [3.8, 4) is 11.5 Å². The molecule has 0 saturated heterocycles. The number of amides is 2. The van der Waals surface area contributed by atoms with Gasteiger partial charge in [0, 0.05) is 19.5 Å². The highest BCUT2D eigenvalue weighted by atomic mass is 32.2. The largest absolute Gasteiger partial charge is 0.497 e. The van der Waals surface area contributed by atoms with Gasteiger partial charge < -0.3 is 19.7 Å². The molecule has 0 heterocycles. The fourth-order valence-electron chi connectivity index (χ4n) is 5.08. The second-order valence-electron chi connectivity index (χ2n) is 11.6. The van der Waals surface area contributed by atoms with E-state index in [2.05, 4.69) is 5.32 Å². The number of carbonyl (C=O) groups excluding carboxylic acids is 2. The fraction of sp³-hybridized carbons (Fsp3) is 0.297. The molecular formula is C37H42FN3O6S. The Morgan fingerprint density at radius 3 is 2.15 bits per heavy atom. The number of ether oxygens (including phenoxy) is 2. The summed E-state index contributed by atoms with van der Waals surface area (Å²) in [7, 11) is -2.82. The maximum atomic E-state index is 14.6. The van der Waals surface area contributed by atoms with Crippen LogP contribution < -0.4 is 19.1 Å². The standard InChI is InChI=1S/C37H42FN3O6S/c1-5-47-32-18-20-34(21-19-32)48(44,45)41(31-16-14-30(38)15-17-31)26-36(42)40(25-29-12-9-13-33(22-29)46-4)35(37(43)39-24-27(2)3)23-28-10-7-6-8-11-28/h6-22,27,35H,5,23-26H2,1-4H3,(H,39,43)/t35-/m1/s1. The van der Waals surface area contributed by atoms with Crippen LogP contribution in [0.4, 0.5) is 10.1 Å². The first kappa shape index (κ1) is 35.9. The number of hydrogen-bond donors (Lipinski definition) is 1. The summed E-state index contributed by atoms with van der Waals surface area (Å²) < 4.78 is 54.2. The number of nitrogens with one attached hydrogen (secondary N) is 1. The normalized spacial score (nSPS) is 11.9. The second-order valence-corrected chi connectivity index (χ2v) is 13.5. The number of benzene rings is 4. The highest BCUT2D eigenvalue weighted by Gasteiger charge is 2.34. The van der Waals surface area contributed by atoms with Crippen LogP contribution in [-0.4, -0.2) is 58.0 Å². The fourth-order valence-corrected chi connectivity index (χ4v) is 6.50. The molecule has 0 aliphatic rings. The third-order valence-electron chi connectivity index (χ3n) is 7.56. The van der Waals surface area contributed by atoms with E-state index in [1.54, 1.807) is 18.2 Å². The summed E-state index contributed by atoms with van der Waals surface area (Å²) in [6.07, 6.45) is 0.183. The monoisotopic (exact) mass is 675 g/mol. The van der Waals surface area contributed by atoms with Gasteiger partial charge >= 0.3 is 0 Å². The number of carbonyl (C=O) groups is 2. The Morgan fingerprint density at radius 1 is 0.854 bits per heavy atom. The van der Waals surface area contributed by atoms with Crippen LogP contribution in [0.3, 0.4) is 0 Å². The SMILES string of the molecule is CCOc1ccc(S(=O)(=O)N(CC(=O)N(Cc2cccc(OC)c2)[C@H](Cc2ccccc2)C(=O)NCC(C)C)c2ccc(F)cc2)cc1. The number of anilines is 1. The van der Waals surface area contributed by atoms with Gasteiger partial charge in [-0.3, -0.25) is 13.9 Å². The van der Waals surface area contributed by atoms with Gasteiger partial charge in [0.2, 0.25) is 11.8 Å². The lowest BCUT2D eigenvalue weighted by Gasteiger charge is -2.34. The van der Waals surface area contributed by atoms with Gasteiger partial charge in [0.25, 0.3) is 10.0 Å². The van der Waals surface area contributed by atoms with Crippen molar-refractivity contribution in [2.24, 2.45) is 5.92 Å². The van der Waals surface area contributed by atoms with Crippen molar-refractivity contribution in [3.05, 3.63) is 120 Å². The molecule has 0 radical (unpaired) electrons. The van der Waals surface area contributed by atoms with E-state index in [1.807, 2.05) is 57.2 Å². The lowest BCUT2D eigenvalue weighted by Crippen LogP contribution is -2.53. The number of sulfonamides is 1. The van der Waals surface area contributed by atoms with Crippen LogP contribution in [-0.2, 0) is 32.6 Å². The Morgan fingerprint density at radius 2 is 1.52 bits per heavy atom. The zero-order valence-electron chi connectivity index (χ0n) is 27.6. The van der Waals surface area contributed by atoms with Crippen molar-refractivity contribution in [1.82, 2.24) is 10.2 Å². The van der Waals surface area contributed by atoms with Crippen LogP contribution in [0, 0.1) is 11.7 Å². The van der Waals surface area contributed by atoms with Crippen LogP contribution in [0.1, 0.15) is 31.9 Å². The molecule has 11 heteroatoms. The van der Waals surface area contributed by atoms with Crippen LogP contribution in [0.15, 0.2) is 108 Å². The Balaban J connectivity index is 1.80. The molecule has 4 aromatic carbocycles. The van der Waals surface area contributed by atoms with Crippen molar-refractivity contribution >= 4 is 27.5 Å². The van der Waals surface area contributed by atoms with Crippen molar-refractivity contribution in [2.75, 3.05) is 31.1 Å². The number of methoxy groups -OCH3 is 1. The molecule has 4 rings (SSSR count). The van der Waals surface area contributed by atoms with E-state index in [1.165, 1.54) is 48.4 Å². The summed E-state index contributed by atoms with van der Waals surface area (Å²) in [6.45, 7) is 5.88. The lowest BCUT2D eigenvalue weighted by molar-refractivity contribution is -0.140. The van der Waals surface area contributed by atoms with E-state index in [0.717, 1.165) is 22.0 Å². The molecule has 0 aliphatic heterocycles. The van der Waals surface area contributed by atoms with E-state index >= 15 is 0 Å². The van der Waals surface area contributed by atoms with Gasteiger partial charge in [-0.2, -0.15) is 0 Å². The summed E-state index contributed by atoms with van der Waals surface area (Å²) in [5.41, 5.74) is 1.59. The molecule has 0 bridgehead atoms. The minimum absolute atomic E-state index is 0.0109. The average Bonchev–Trinajstić information content (AvgIpc) is 3.09. The molecule has 254 valence electrons. The highest BCUT2D eigenvalue weighted by molar-refractivity contribution is 7.92. The molecule has 9 nitrogen and oxygen atoms in total. The molecule has 0 aliphatic carbocycles. The van der Waals surface area contributed by atoms with Crippen LogP contribution in [0.5, 0.6) is 11.5 Å². The molecule has 0 spiro atoms. The maximum absolute atomic E-state index is 14.6. The van der Waals surface area contributed by atoms with Crippen LogP contribution >= 0.6 is 0 Å². The molecule has 0 unspecified atom stereocenters. The van der Waals surface area contributed by atoms with Crippen LogP contribution in [0.2, 0.25) is 0 Å². The number of nitrogens with zero attached hydrogens (tertiary/aromatic N) is 2. The number of hydrogen-bond acceptors (Lipinski definition) is 6. The number of rotatable bonds is 16. The Hall–Kier alpha value is -4.90. The van der Waals surface area contributed by atoms with E-state index in [-0.39, 0.29) is 35.4 Å². The summed E-state index contributed by atoms with van der Waals surface area (Å²) in [5, 5.41) is 2.97. The Kier molecular flexibility index (Phi) is 12.6. The summed E-state index contributed by atoms with van der Waals surface area (Å²) in [4.78, 5) is 29.8.